The Balaban J connectivity index is 1.62. The Hall–Kier alpha value is -0.880. The van der Waals surface area contributed by atoms with Gasteiger partial charge in [0.15, 0.2) is 6.35 Å². The topological polar surface area (TPSA) is 54.6 Å². The molecule has 0 aromatic carbocycles. The van der Waals surface area contributed by atoms with E-state index < -0.39 is 6.35 Å². The van der Waals surface area contributed by atoms with Gasteiger partial charge >= 0.3 is 0 Å². The molecule has 4 saturated heterocycles. The lowest BCUT2D eigenvalue weighted by molar-refractivity contribution is -0.137. The minimum absolute atomic E-state index is 0.125. The van der Waals surface area contributed by atoms with Crippen LogP contribution in [0, 0.1) is 5.92 Å². The molecule has 5 nitrogen and oxygen atoms in total. The number of hydrogen-bond acceptors (Lipinski definition) is 5. The highest BCUT2D eigenvalue weighted by atomic mass is 35.5. The lowest BCUT2D eigenvalue weighted by atomic mass is 9.75. The van der Waals surface area contributed by atoms with Gasteiger partial charge in [-0.25, -0.2) is 4.98 Å². The normalized spacial score (nSPS) is 39.7. The Morgan fingerprint density at radius 2 is 2.10 bits per heavy atom. The van der Waals surface area contributed by atoms with Crippen LogP contribution in [0.5, 0.6) is 0 Å². The Labute approximate surface area is 123 Å². The first-order valence-corrected chi connectivity index (χ1v) is 7.59. The zero-order valence-corrected chi connectivity index (χ0v) is 12.1. The largest absolute Gasteiger partial charge is 0.335 e. The van der Waals surface area contributed by atoms with Crippen LogP contribution in [0.25, 0.3) is 0 Å². The van der Waals surface area contributed by atoms with Crippen LogP contribution in [0.1, 0.15) is 12.8 Å². The van der Waals surface area contributed by atoms with Gasteiger partial charge in [-0.3, -0.25) is 5.73 Å². The van der Waals surface area contributed by atoms with Crippen LogP contribution >= 0.6 is 11.6 Å². The molecule has 108 valence electrons. The summed E-state index contributed by atoms with van der Waals surface area (Å²) in [6.45, 7) is 4.19. The van der Waals surface area contributed by atoms with Crippen LogP contribution in [0.2, 0.25) is 5.15 Å². The van der Waals surface area contributed by atoms with Gasteiger partial charge in [-0.1, -0.05) is 17.7 Å². The second-order valence-corrected chi connectivity index (χ2v) is 6.46. The van der Waals surface area contributed by atoms with Gasteiger partial charge in [0.2, 0.25) is 0 Å². The number of anilines is 1. The van der Waals surface area contributed by atoms with E-state index in [1.165, 1.54) is 25.9 Å². The average Bonchev–Trinajstić information content (AvgIpc) is 2.76. The van der Waals surface area contributed by atoms with Crippen molar-refractivity contribution < 1.29 is 4.74 Å². The van der Waals surface area contributed by atoms with Gasteiger partial charge in [0.05, 0.1) is 6.54 Å². The van der Waals surface area contributed by atoms with Crippen LogP contribution < -0.4 is 10.6 Å². The van der Waals surface area contributed by atoms with E-state index in [1.54, 1.807) is 6.07 Å². The van der Waals surface area contributed by atoms with E-state index in [2.05, 4.69) is 9.88 Å². The molecule has 1 aromatic rings. The molecule has 20 heavy (non-hydrogen) atoms. The zero-order valence-electron chi connectivity index (χ0n) is 11.3. The zero-order chi connectivity index (χ0) is 13.7. The van der Waals surface area contributed by atoms with Gasteiger partial charge in [0, 0.05) is 6.54 Å². The Morgan fingerprint density at radius 3 is 2.75 bits per heavy atom. The van der Waals surface area contributed by atoms with Crippen molar-refractivity contribution in [3.8, 4) is 0 Å². The Bertz CT molecular complexity index is 520. The summed E-state index contributed by atoms with van der Waals surface area (Å²) in [6, 6.07) is 5.62. The van der Waals surface area contributed by atoms with Crippen molar-refractivity contribution in [2.75, 3.05) is 31.1 Å². The molecule has 0 amide bonds. The molecule has 1 spiro atoms. The van der Waals surface area contributed by atoms with E-state index in [1.807, 2.05) is 17.0 Å². The second kappa shape index (κ2) is 4.56. The summed E-state index contributed by atoms with van der Waals surface area (Å²) in [7, 11) is 0. The minimum Gasteiger partial charge on any atom is -0.335 e. The molecule has 2 unspecified atom stereocenters. The molecule has 6 heteroatoms. The van der Waals surface area contributed by atoms with Crippen molar-refractivity contribution in [3.05, 3.63) is 23.4 Å². The Morgan fingerprint density at radius 1 is 1.30 bits per heavy atom. The SMILES string of the molecule is NC1OC2(CN3CCC2CC3)CN1c1cccc(Cl)n1. The summed E-state index contributed by atoms with van der Waals surface area (Å²) in [5.74, 6) is 1.42. The number of halogens is 1. The van der Waals surface area contributed by atoms with Crippen LogP contribution in [0.4, 0.5) is 5.82 Å². The lowest BCUT2D eigenvalue weighted by Crippen LogP contribution is -2.61. The molecule has 4 aliphatic rings. The molecule has 5 rings (SSSR count). The predicted octanol–water partition coefficient (Wildman–Crippen LogP) is 1.28. The van der Waals surface area contributed by atoms with Crippen molar-refractivity contribution >= 4 is 17.4 Å². The summed E-state index contributed by atoms with van der Waals surface area (Å²) >= 11 is 5.98. The third kappa shape index (κ3) is 1.92. The van der Waals surface area contributed by atoms with E-state index in [0.29, 0.717) is 11.1 Å². The third-order valence-electron chi connectivity index (χ3n) is 4.92. The first-order valence-electron chi connectivity index (χ1n) is 7.21. The predicted molar refractivity (Wildman–Crippen MR) is 77.5 cm³/mol. The van der Waals surface area contributed by atoms with E-state index >= 15 is 0 Å². The van der Waals surface area contributed by atoms with E-state index in [9.17, 15) is 0 Å². The maximum Gasteiger partial charge on any atom is 0.186 e. The van der Waals surface area contributed by atoms with Crippen LogP contribution in [0.15, 0.2) is 18.2 Å². The summed E-state index contributed by atoms with van der Waals surface area (Å²) in [5, 5.41) is 0.490. The second-order valence-electron chi connectivity index (χ2n) is 6.07. The highest BCUT2D eigenvalue weighted by Crippen LogP contribution is 2.43. The molecular weight excluding hydrogens is 276 g/mol. The van der Waals surface area contributed by atoms with Crippen molar-refractivity contribution in [3.63, 3.8) is 0 Å². The molecule has 1 aromatic heterocycles. The van der Waals surface area contributed by atoms with E-state index in [-0.39, 0.29) is 5.60 Å². The maximum absolute atomic E-state index is 6.21. The summed E-state index contributed by atoms with van der Waals surface area (Å²) < 4.78 is 6.21. The van der Waals surface area contributed by atoms with Crippen LogP contribution in [0.3, 0.4) is 0 Å². The third-order valence-corrected chi connectivity index (χ3v) is 5.13. The highest BCUT2D eigenvalue weighted by molar-refractivity contribution is 6.29. The molecule has 2 N–H and O–H groups in total. The van der Waals surface area contributed by atoms with Gasteiger partial charge in [0.25, 0.3) is 0 Å². The van der Waals surface area contributed by atoms with E-state index in [0.717, 1.165) is 18.9 Å². The number of fused-ring (bicyclic) bond motifs is 2. The van der Waals surface area contributed by atoms with Crippen molar-refractivity contribution in [1.29, 1.82) is 0 Å². The fourth-order valence-electron chi connectivity index (χ4n) is 3.93. The van der Waals surface area contributed by atoms with Crippen LogP contribution in [-0.4, -0.2) is 48.0 Å². The van der Waals surface area contributed by atoms with Gasteiger partial charge in [-0.2, -0.15) is 0 Å². The van der Waals surface area contributed by atoms with Crippen LogP contribution in [-0.2, 0) is 4.74 Å². The number of nitrogens with two attached hydrogens (primary N) is 1. The summed E-state index contributed by atoms with van der Waals surface area (Å²) in [6.07, 6.45) is 1.99. The minimum atomic E-state index is -0.429. The number of aromatic nitrogens is 1. The molecule has 0 aliphatic carbocycles. The fraction of sp³-hybridized carbons (Fsp3) is 0.643. The summed E-state index contributed by atoms with van der Waals surface area (Å²) in [5.41, 5.74) is 6.08. The number of rotatable bonds is 1. The standard InChI is InChI=1S/C14H19ClN4O/c15-11-2-1-3-12(17-11)19-9-14(20-13(19)16)8-18-6-4-10(14)5-7-18/h1-3,10,13H,4-9,16H2. The molecule has 5 heterocycles. The Kier molecular flexibility index (Phi) is 2.93. The molecule has 0 radical (unpaired) electrons. The molecular formula is C14H19ClN4O. The molecule has 2 atom stereocenters. The monoisotopic (exact) mass is 294 g/mol. The molecule has 2 bridgehead atoms. The average molecular weight is 295 g/mol. The van der Waals surface area contributed by atoms with Crippen molar-refractivity contribution in [2.24, 2.45) is 11.7 Å². The van der Waals surface area contributed by atoms with Crippen molar-refractivity contribution in [2.45, 2.75) is 24.8 Å². The summed E-state index contributed by atoms with van der Waals surface area (Å²) in [4.78, 5) is 8.89. The molecule has 4 fully saturated rings. The number of hydrogen-bond donors (Lipinski definition) is 1. The quantitative estimate of drug-likeness (QED) is 0.791. The first kappa shape index (κ1) is 12.8. The lowest BCUT2D eigenvalue weighted by Gasteiger charge is -2.50. The fourth-order valence-corrected chi connectivity index (χ4v) is 4.09. The molecule has 4 aliphatic heterocycles. The van der Waals surface area contributed by atoms with Gasteiger partial charge in [-0.15, -0.1) is 0 Å². The number of piperidine rings is 3. The van der Waals surface area contributed by atoms with E-state index in [4.69, 9.17) is 22.1 Å². The van der Waals surface area contributed by atoms with Gasteiger partial charge in [0.1, 0.15) is 16.6 Å². The number of nitrogens with zero attached hydrogens (tertiary/aromatic N) is 3. The van der Waals surface area contributed by atoms with Gasteiger partial charge in [-0.05, 0) is 44.0 Å². The van der Waals surface area contributed by atoms with Crippen molar-refractivity contribution in [1.82, 2.24) is 9.88 Å². The maximum atomic E-state index is 6.21. The number of ether oxygens (including phenoxy) is 1. The number of pyridine rings is 1. The molecule has 0 saturated carbocycles. The smallest absolute Gasteiger partial charge is 0.186 e. The van der Waals surface area contributed by atoms with Gasteiger partial charge < -0.3 is 14.5 Å². The highest BCUT2D eigenvalue weighted by Gasteiger charge is 2.54. The first-order chi connectivity index (χ1) is 9.66.